The SMILES string of the molecule is CC1C(F)(F)C(F)(F)C(F)(F)C(F)(F)C1(F)F. The largest absolute Gasteiger partial charge is 0.384 e. The lowest BCUT2D eigenvalue weighted by molar-refractivity contribution is -0.461. The van der Waals surface area contributed by atoms with E-state index in [2.05, 4.69) is 0 Å². The van der Waals surface area contributed by atoms with E-state index in [1.807, 2.05) is 0 Å². The van der Waals surface area contributed by atoms with Crippen LogP contribution in [0.15, 0.2) is 0 Å². The second-order valence-corrected chi connectivity index (χ2v) is 3.69. The third-order valence-corrected chi connectivity index (χ3v) is 2.71. The van der Waals surface area contributed by atoms with Crippen molar-refractivity contribution in [1.82, 2.24) is 0 Å². The number of hydrogen-bond donors (Lipinski definition) is 0. The summed E-state index contributed by atoms with van der Waals surface area (Å²) in [6, 6.07) is 0. The van der Waals surface area contributed by atoms with Crippen molar-refractivity contribution < 1.29 is 43.9 Å². The van der Waals surface area contributed by atoms with Gasteiger partial charge in [-0.25, -0.2) is 0 Å². The summed E-state index contributed by atoms with van der Waals surface area (Å²) < 4.78 is 126. The molecule has 0 aromatic heterocycles. The summed E-state index contributed by atoms with van der Waals surface area (Å²) in [7, 11) is 0. The van der Waals surface area contributed by atoms with Crippen molar-refractivity contribution in [2.45, 2.75) is 36.5 Å². The van der Waals surface area contributed by atoms with Gasteiger partial charge in [-0.2, -0.15) is 43.9 Å². The average Bonchev–Trinajstić information content (AvgIpc) is 2.13. The highest BCUT2D eigenvalue weighted by molar-refractivity contribution is 5.17. The van der Waals surface area contributed by atoms with Crippen molar-refractivity contribution in [2.24, 2.45) is 5.92 Å². The molecule has 1 fully saturated rings. The van der Waals surface area contributed by atoms with Crippen LogP contribution in [0, 0.1) is 5.92 Å². The zero-order valence-corrected chi connectivity index (χ0v) is 7.86. The predicted molar refractivity (Wildman–Crippen MR) is 33.9 cm³/mol. The Labute approximate surface area is 87.6 Å². The normalized spacial score (nSPS) is 33.4. The van der Waals surface area contributed by atoms with Gasteiger partial charge in [0.05, 0.1) is 5.92 Å². The first-order chi connectivity index (χ1) is 7.15. The summed E-state index contributed by atoms with van der Waals surface area (Å²) in [6.07, 6.45) is 0. The first-order valence-electron chi connectivity index (χ1n) is 4.04. The van der Waals surface area contributed by atoms with Gasteiger partial charge in [-0.15, -0.1) is 0 Å². The molecule has 0 atom stereocenters. The van der Waals surface area contributed by atoms with Gasteiger partial charge in [-0.3, -0.25) is 0 Å². The van der Waals surface area contributed by atoms with Crippen LogP contribution in [0.3, 0.4) is 0 Å². The van der Waals surface area contributed by atoms with Crippen molar-refractivity contribution in [2.75, 3.05) is 0 Å². The maximum Gasteiger partial charge on any atom is 0.384 e. The second-order valence-electron chi connectivity index (χ2n) is 3.69. The fourth-order valence-corrected chi connectivity index (χ4v) is 1.39. The lowest BCUT2D eigenvalue weighted by Gasteiger charge is -2.48. The van der Waals surface area contributed by atoms with Gasteiger partial charge in [0.2, 0.25) is 0 Å². The summed E-state index contributed by atoms with van der Waals surface area (Å²) in [6.45, 7) is -0.336. The molecule has 0 radical (unpaired) electrons. The molecule has 0 amide bonds. The molecule has 10 heteroatoms. The van der Waals surface area contributed by atoms with Crippen LogP contribution >= 0.6 is 0 Å². The zero-order chi connectivity index (χ0) is 14.1. The zero-order valence-electron chi connectivity index (χ0n) is 7.86. The quantitative estimate of drug-likeness (QED) is 0.591. The van der Waals surface area contributed by atoms with Crippen LogP contribution in [0.2, 0.25) is 0 Å². The predicted octanol–water partition coefficient (Wildman–Crippen LogP) is 3.81. The van der Waals surface area contributed by atoms with Gasteiger partial charge in [-0.05, 0) is 0 Å². The molecule has 0 nitrogen and oxygen atoms in total. The van der Waals surface area contributed by atoms with E-state index in [-0.39, 0.29) is 6.92 Å². The lowest BCUT2D eigenvalue weighted by Crippen LogP contribution is -2.77. The summed E-state index contributed by atoms with van der Waals surface area (Å²) in [5.74, 6) is -35.8. The van der Waals surface area contributed by atoms with E-state index in [4.69, 9.17) is 0 Å². The molecular formula is C7H4F10. The highest BCUT2D eigenvalue weighted by atomic mass is 19.4. The number of halogens is 10. The minimum atomic E-state index is -6.85. The monoisotopic (exact) mass is 278 g/mol. The van der Waals surface area contributed by atoms with E-state index in [1.165, 1.54) is 0 Å². The number of rotatable bonds is 0. The highest BCUT2D eigenvalue weighted by Gasteiger charge is 2.94. The van der Waals surface area contributed by atoms with Gasteiger partial charge < -0.3 is 0 Å². The smallest absolute Gasteiger partial charge is 0.199 e. The Balaban J connectivity index is 3.56. The molecule has 1 rings (SSSR count). The fraction of sp³-hybridized carbons (Fsp3) is 1.00. The standard InChI is InChI=1S/C7H4F10/c1-2-3(8,9)5(12,13)7(16,17)6(14,15)4(2,10)11/h2H,1H3. The molecule has 0 N–H and O–H groups in total. The van der Waals surface area contributed by atoms with Gasteiger partial charge in [0.15, 0.2) is 0 Å². The minimum Gasteiger partial charge on any atom is -0.199 e. The van der Waals surface area contributed by atoms with E-state index in [9.17, 15) is 43.9 Å². The van der Waals surface area contributed by atoms with Gasteiger partial charge in [0.25, 0.3) is 0 Å². The molecule has 102 valence electrons. The maximum absolute atomic E-state index is 12.7. The maximum atomic E-state index is 12.7. The molecule has 0 aliphatic heterocycles. The van der Waals surface area contributed by atoms with Crippen LogP contribution in [-0.4, -0.2) is 29.6 Å². The Morgan fingerprint density at radius 3 is 1.00 bits per heavy atom. The van der Waals surface area contributed by atoms with Crippen molar-refractivity contribution >= 4 is 0 Å². The van der Waals surface area contributed by atoms with Gasteiger partial charge in [-0.1, -0.05) is 6.92 Å². The summed E-state index contributed by atoms with van der Waals surface area (Å²) in [4.78, 5) is 0. The van der Waals surface area contributed by atoms with Crippen molar-refractivity contribution in [3.05, 3.63) is 0 Å². The van der Waals surface area contributed by atoms with Crippen LogP contribution in [0.1, 0.15) is 6.92 Å². The van der Waals surface area contributed by atoms with Crippen LogP contribution in [-0.2, 0) is 0 Å². The first-order valence-corrected chi connectivity index (χ1v) is 4.04. The molecule has 1 aliphatic carbocycles. The van der Waals surface area contributed by atoms with Crippen molar-refractivity contribution in [3.8, 4) is 0 Å². The molecule has 1 aliphatic rings. The summed E-state index contributed by atoms with van der Waals surface area (Å²) >= 11 is 0. The molecule has 0 unspecified atom stereocenters. The Kier molecular flexibility index (Phi) is 2.53. The molecule has 0 bridgehead atoms. The van der Waals surface area contributed by atoms with Crippen LogP contribution in [0.5, 0.6) is 0 Å². The van der Waals surface area contributed by atoms with E-state index in [0.717, 1.165) is 0 Å². The Hall–Kier alpha value is -0.700. The third kappa shape index (κ3) is 1.21. The second kappa shape index (κ2) is 3.00. The van der Waals surface area contributed by atoms with Gasteiger partial charge >= 0.3 is 29.6 Å². The Morgan fingerprint density at radius 1 is 0.529 bits per heavy atom. The van der Waals surface area contributed by atoms with Gasteiger partial charge in [0.1, 0.15) is 0 Å². The van der Waals surface area contributed by atoms with Crippen LogP contribution < -0.4 is 0 Å². The van der Waals surface area contributed by atoms with E-state index in [0.29, 0.717) is 0 Å². The first kappa shape index (κ1) is 14.4. The Morgan fingerprint density at radius 2 is 0.765 bits per heavy atom. The van der Waals surface area contributed by atoms with E-state index >= 15 is 0 Å². The van der Waals surface area contributed by atoms with Crippen molar-refractivity contribution in [3.63, 3.8) is 0 Å². The molecular weight excluding hydrogens is 274 g/mol. The topological polar surface area (TPSA) is 0 Å². The molecule has 0 saturated heterocycles. The molecule has 17 heavy (non-hydrogen) atoms. The summed E-state index contributed by atoms with van der Waals surface area (Å²) in [5, 5.41) is 0. The molecule has 0 aromatic rings. The molecule has 1 saturated carbocycles. The number of alkyl halides is 10. The van der Waals surface area contributed by atoms with Gasteiger partial charge in [0, 0.05) is 0 Å². The minimum absolute atomic E-state index is 0.336. The number of hydrogen-bond acceptors (Lipinski definition) is 0. The lowest BCUT2D eigenvalue weighted by atomic mass is 9.75. The molecule has 0 spiro atoms. The average molecular weight is 278 g/mol. The van der Waals surface area contributed by atoms with E-state index in [1.54, 1.807) is 0 Å². The van der Waals surface area contributed by atoms with Crippen LogP contribution in [0.4, 0.5) is 43.9 Å². The summed E-state index contributed by atoms with van der Waals surface area (Å²) in [5.41, 5.74) is 0. The van der Waals surface area contributed by atoms with Crippen LogP contribution in [0.25, 0.3) is 0 Å². The third-order valence-electron chi connectivity index (χ3n) is 2.71. The highest BCUT2D eigenvalue weighted by Crippen LogP contribution is 2.66. The fourth-order valence-electron chi connectivity index (χ4n) is 1.39. The van der Waals surface area contributed by atoms with Crippen molar-refractivity contribution in [1.29, 1.82) is 0 Å². The molecule has 0 heterocycles. The Bertz CT molecular complexity index is 300. The molecule has 0 aromatic carbocycles. The van der Waals surface area contributed by atoms with E-state index < -0.39 is 35.5 Å².